The molecule has 0 spiro atoms. The monoisotopic (exact) mass is 416 g/mol. The normalized spacial score (nSPS) is 11.1. The van der Waals surface area contributed by atoms with E-state index in [2.05, 4.69) is 43.4 Å². The van der Waals surface area contributed by atoms with Crippen LogP contribution in [0, 0.1) is 4.77 Å². The Balaban J connectivity index is 1.77. The van der Waals surface area contributed by atoms with Gasteiger partial charge in [0, 0.05) is 6.42 Å². The molecular weight excluding hydrogens is 400 g/mol. The maximum Gasteiger partial charge on any atom is 0.216 e. The lowest BCUT2D eigenvalue weighted by molar-refractivity contribution is 0.412. The van der Waals surface area contributed by atoms with E-state index in [-0.39, 0.29) is 0 Å². The second-order valence-corrected chi connectivity index (χ2v) is 6.62. The molecular formula is C18H17BrN4OS. The molecule has 3 rings (SSSR count). The van der Waals surface area contributed by atoms with E-state index >= 15 is 0 Å². The van der Waals surface area contributed by atoms with E-state index in [1.54, 1.807) is 18.0 Å². The quantitative estimate of drug-likeness (QED) is 0.479. The molecule has 0 amide bonds. The van der Waals surface area contributed by atoms with Crippen molar-refractivity contribution in [1.82, 2.24) is 14.9 Å². The van der Waals surface area contributed by atoms with Crippen LogP contribution in [0.5, 0.6) is 5.75 Å². The highest BCUT2D eigenvalue weighted by molar-refractivity contribution is 9.10. The minimum Gasteiger partial charge on any atom is -0.496 e. The van der Waals surface area contributed by atoms with Gasteiger partial charge < -0.3 is 4.74 Å². The fourth-order valence-electron chi connectivity index (χ4n) is 2.39. The molecule has 0 aliphatic rings. The smallest absolute Gasteiger partial charge is 0.216 e. The number of benzene rings is 2. The number of rotatable bonds is 6. The van der Waals surface area contributed by atoms with Gasteiger partial charge in [-0.3, -0.25) is 5.10 Å². The molecule has 0 aliphatic heterocycles. The van der Waals surface area contributed by atoms with Gasteiger partial charge in [0.1, 0.15) is 5.75 Å². The van der Waals surface area contributed by atoms with E-state index in [0.717, 1.165) is 34.5 Å². The number of H-pyrrole nitrogens is 1. The van der Waals surface area contributed by atoms with E-state index < -0.39 is 0 Å². The Morgan fingerprint density at radius 3 is 2.76 bits per heavy atom. The third-order valence-corrected chi connectivity index (χ3v) is 4.58. The van der Waals surface area contributed by atoms with Crippen LogP contribution in [0.2, 0.25) is 0 Å². The second-order valence-electron chi connectivity index (χ2n) is 5.38. The predicted octanol–water partition coefficient (Wildman–Crippen LogP) is 4.38. The van der Waals surface area contributed by atoms with Gasteiger partial charge in [-0.1, -0.05) is 30.3 Å². The van der Waals surface area contributed by atoms with Gasteiger partial charge in [-0.15, -0.1) is 0 Å². The van der Waals surface area contributed by atoms with Crippen LogP contribution in [0.25, 0.3) is 0 Å². The first-order chi connectivity index (χ1) is 12.2. The fraction of sp³-hybridized carbons (Fsp3) is 0.167. The third-order valence-electron chi connectivity index (χ3n) is 3.70. The first-order valence-electron chi connectivity index (χ1n) is 7.75. The Bertz CT molecular complexity index is 934. The Kier molecular flexibility index (Phi) is 5.78. The van der Waals surface area contributed by atoms with Crippen LogP contribution < -0.4 is 4.74 Å². The van der Waals surface area contributed by atoms with Crippen molar-refractivity contribution in [3.05, 3.63) is 74.7 Å². The third kappa shape index (κ3) is 4.43. The summed E-state index contributed by atoms with van der Waals surface area (Å²) in [4.78, 5) is 0. The summed E-state index contributed by atoms with van der Waals surface area (Å²) >= 11 is 8.76. The molecule has 3 aromatic rings. The number of aryl methyl sites for hydroxylation is 2. The van der Waals surface area contributed by atoms with Gasteiger partial charge in [0.15, 0.2) is 5.82 Å². The van der Waals surface area contributed by atoms with Gasteiger partial charge in [-0.2, -0.15) is 14.9 Å². The van der Waals surface area contributed by atoms with E-state index in [1.165, 1.54) is 5.56 Å². The molecule has 25 heavy (non-hydrogen) atoms. The van der Waals surface area contributed by atoms with Crippen molar-refractivity contribution in [3.63, 3.8) is 0 Å². The molecule has 0 aliphatic carbocycles. The zero-order valence-corrected chi connectivity index (χ0v) is 16.0. The van der Waals surface area contributed by atoms with Gasteiger partial charge >= 0.3 is 0 Å². The SMILES string of the molecule is COc1ccc(/C=N\n2c(CCc3ccccc3)n[nH]c2=S)cc1Br. The average Bonchev–Trinajstić information content (AvgIpc) is 2.99. The number of aromatic amines is 1. The maximum absolute atomic E-state index is 5.29. The molecule has 0 atom stereocenters. The summed E-state index contributed by atoms with van der Waals surface area (Å²) in [5.41, 5.74) is 2.19. The molecule has 0 radical (unpaired) electrons. The van der Waals surface area contributed by atoms with Crippen molar-refractivity contribution < 1.29 is 4.74 Å². The van der Waals surface area contributed by atoms with Crippen LogP contribution in [0.4, 0.5) is 0 Å². The van der Waals surface area contributed by atoms with Crippen LogP contribution in [-0.4, -0.2) is 28.2 Å². The molecule has 0 unspecified atom stereocenters. The molecule has 2 aromatic carbocycles. The number of aromatic nitrogens is 3. The molecule has 1 aromatic heterocycles. The topological polar surface area (TPSA) is 55.2 Å². The maximum atomic E-state index is 5.29. The number of nitrogens with one attached hydrogen (secondary N) is 1. The minimum absolute atomic E-state index is 0.479. The van der Waals surface area contributed by atoms with Crippen molar-refractivity contribution in [2.24, 2.45) is 5.10 Å². The summed E-state index contributed by atoms with van der Waals surface area (Å²) in [6, 6.07) is 16.0. The van der Waals surface area contributed by atoms with Crippen LogP contribution in [0.15, 0.2) is 58.1 Å². The molecule has 7 heteroatoms. The number of halogens is 1. The molecule has 5 nitrogen and oxygen atoms in total. The van der Waals surface area contributed by atoms with Gasteiger partial charge in [0.25, 0.3) is 0 Å². The van der Waals surface area contributed by atoms with E-state index in [1.807, 2.05) is 36.4 Å². The van der Waals surface area contributed by atoms with E-state index in [0.29, 0.717) is 4.77 Å². The number of ether oxygens (including phenoxy) is 1. The first kappa shape index (κ1) is 17.6. The second kappa shape index (κ2) is 8.22. The molecule has 1 N–H and O–H groups in total. The molecule has 0 bridgehead atoms. The largest absolute Gasteiger partial charge is 0.496 e. The number of methoxy groups -OCH3 is 1. The minimum atomic E-state index is 0.479. The Morgan fingerprint density at radius 1 is 1.24 bits per heavy atom. The zero-order valence-electron chi connectivity index (χ0n) is 13.6. The standard InChI is InChI=1S/C18H17BrN4OS/c1-24-16-9-7-14(11-15(16)19)12-20-23-17(21-22-18(23)25)10-8-13-5-3-2-4-6-13/h2-7,9,11-12H,8,10H2,1H3,(H,22,25)/b20-12-. The molecule has 0 saturated heterocycles. The van der Waals surface area contributed by atoms with Crippen molar-refractivity contribution in [3.8, 4) is 5.75 Å². The Morgan fingerprint density at radius 2 is 2.04 bits per heavy atom. The Hall–Kier alpha value is -2.25. The summed E-state index contributed by atoms with van der Waals surface area (Å²) in [5.74, 6) is 1.58. The summed E-state index contributed by atoms with van der Waals surface area (Å²) in [7, 11) is 1.64. The lowest BCUT2D eigenvalue weighted by Crippen LogP contribution is -2.01. The van der Waals surface area contributed by atoms with Crippen LogP contribution in [0.1, 0.15) is 17.0 Å². The van der Waals surface area contributed by atoms with Crippen molar-refractivity contribution in [1.29, 1.82) is 0 Å². The van der Waals surface area contributed by atoms with Gasteiger partial charge in [-0.25, -0.2) is 0 Å². The first-order valence-corrected chi connectivity index (χ1v) is 8.95. The van der Waals surface area contributed by atoms with Crippen molar-refractivity contribution >= 4 is 34.4 Å². The highest BCUT2D eigenvalue weighted by atomic mass is 79.9. The number of nitrogens with zero attached hydrogens (tertiary/aromatic N) is 3. The summed E-state index contributed by atoms with van der Waals surface area (Å²) < 4.78 is 8.25. The number of hydrogen-bond acceptors (Lipinski definition) is 4. The highest BCUT2D eigenvalue weighted by Crippen LogP contribution is 2.24. The lowest BCUT2D eigenvalue weighted by Gasteiger charge is -2.04. The van der Waals surface area contributed by atoms with Crippen molar-refractivity contribution in [2.45, 2.75) is 12.8 Å². The summed E-state index contributed by atoms with van der Waals surface area (Å²) in [6.45, 7) is 0. The summed E-state index contributed by atoms with van der Waals surface area (Å²) in [5, 5.41) is 11.6. The van der Waals surface area contributed by atoms with E-state index in [9.17, 15) is 0 Å². The van der Waals surface area contributed by atoms with Crippen LogP contribution in [-0.2, 0) is 12.8 Å². The average molecular weight is 417 g/mol. The molecule has 1 heterocycles. The summed E-state index contributed by atoms with van der Waals surface area (Å²) in [6.07, 6.45) is 3.38. The van der Waals surface area contributed by atoms with Gasteiger partial charge in [0.05, 0.1) is 17.8 Å². The number of hydrogen-bond donors (Lipinski definition) is 1. The highest BCUT2D eigenvalue weighted by Gasteiger charge is 2.06. The van der Waals surface area contributed by atoms with Crippen LogP contribution >= 0.6 is 28.1 Å². The molecule has 128 valence electrons. The van der Waals surface area contributed by atoms with Crippen LogP contribution in [0.3, 0.4) is 0 Å². The van der Waals surface area contributed by atoms with Gasteiger partial charge in [-0.05, 0) is 63.9 Å². The fourth-order valence-corrected chi connectivity index (χ4v) is 3.15. The Labute approximate surface area is 159 Å². The predicted molar refractivity (Wildman–Crippen MR) is 105 cm³/mol. The molecule has 0 saturated carbocycles. The molecule has 0 fully saturated rings. The van der Waals surface area contributed by atoms with Crippen molar-refractivity contribution in [2.75, 3.05) is 7.11 Å². The van der Waals surface area contributed by atoms with E-state index in [4.69, 9.17) is 17.0 Å². The lowest BCUT2D eigenvalue weighted by atomic mass is 10.1. The zero-order chi connectivity index (χ0) is 17.6. The van der Waals surface area contributed by atoms with Gasteiger partial charge in [0.2, 0.25) is 4.77 Å².